The molecule has 0 aromatic carbocycles. The molecular formula is C12H20N6O. The SMILES string of the molecule is C#CCCNc1nc(NCCC)nc(N(C)OC)n1. The quantitative estimate of drug-likeness (QED) is 0.414. The maximum absolute atomic E-state index is 5.20. The first-order valence-corrected chi connectivity index (χ1v) is 6.16. The average Bonchev–Trinajstić information content (AvgIpc) is 2.44. The molecule has 0 spiro atoms. The van der Waals surface area contributed by atoms with E-state index in [2.05, 4.69) is 38.4 Å². The number of aromatic nitrogens is 3. The van der Waals surface area contributed by atoms with E-state index in [9.17, 15) is 0 Å². The summed E-state index contributed by atoms with van der Waals surface area (Å²) in [6, 6.07) is 0. The van der Waals surface area contributed by atoms with Gasteiger partial charge in [-0.2, -0.15) is 15.0 Å². The van der Waals surface area contributed by atoms with Crippen molar-refractivity contribution in [1.29, 1.82) is 0 Å². The zero-order valence-corrected chi connectivity index (χ0v) is 11.6. The van der Waals surface area contributed by atoms with Gasteiger partial charge in [0, 0.05) is 26.6 Å². The Balaban J connectivity index is 2.85. The van der Waals surface area contributed by atoms with Crippen LogP contribution in [0.5, 0.6) is 0 Å². The molecule has 0 aliphatic carbocycles. The van der Waals surface area contributed by atoms with Crippen LogP contribution in [0.3, 0.4) is 0 Å². The Morgan fingerprint density at radius 3 is 2.37 bits per heavy atom. The number of nitrogens with one attached hydrogen (secondary N) is 2. The second-order valence-electron chi connectivity index (χ2n) is 3.77. The molecule has 0 amide bonds. The molecule has 0 radical (unpaired) electrons. The third-order valence-electron chi connectivity index (χ3n) is 2.26. The molecule has 2 N–H and O–H groups in total. The summed E-state index contributed by atoms with van der Waals surface area (Å²) in [4.78, 5) is 17.8. The summed E-state index contributed by atoms with van der Waals surface area (Å²) in [7, 11) is 3.28. The fourth-order valence-electron chi connectivity index (χ4n) is 1.23. The van der Waals surface area contributed by atoms with Gasteiger partial charge in [-0.3, -0.25) is 4.84 Å². The summed E-state index contributed by atoms with van der Waals surface area (Å²) in [5, 5.41) is 7.64. The van der Waals surface area contributed by atoms with E-state index in [4.69, 9.17) is 11.3 Å². The fraction of sp³-hybridized carbons (Fsp3) is 0.583. The normalized spacial score (nSPS) is 9.79. The van der Waals surface area contributed by atoms with Gasteiger partial charge in [-0.25, -0.2) is 5.06 Å². The maximum atomic E-state index is 5.20. The summed E-state index contributed by atoms with van der Waals surface area (Å²) < 4.78 is 0. The summed E-state index contributed by atoms with van der Waals surface area (Å²) in [5.41, 5.74) is 0. The highest BCUT2D eigenvalue weighted by Crippen LogP contribution is 2.12. The first-order valence-electron chi connectivity index (χ1n) is 6.16. The molecule has 7 nitrogen and oxygen atoms in total. The molecular weight excluding hydrogens is 244 g/mol. The van der Waals surface area contributed by atoms with Crippen molar-refractivity contribution in [2.75, 3.05) is 42.9 Å². The smallest absolute Gasteiger partial charge is 0.256 e. The lowest BCUT2D eigenvalue weighted by Gasteiger charge is -2.15. The lowest BCUT2D eigenvalue weighted by atomic mass is 10.4. The van der Waals surface area contributed by atoms with E-state index < -0.39 is 0 Å². The lowest BCUT2D eigenvalue weighted by Crippen LogP contribution is -2.20. The topological polar surface area (TPSA) is 75.2 Å². The molecule has 1 rings (SSSR count). The Bertz CT molecular complexity index is 431. The van der Waals surface area contributed by atoms with Crippen LogP contribution >= 0.6 is 0 Å². The van der Waals surface area contributed by atoms with Gasteiger partial charge in [-0.15, -0.1) is 12.3 Å². The highest BCUT2D eigenvalue weighted by atomic mass is 16.7. The fourth-order valence-corrected chi connectivity index (χ4v) is 1.23. The third kappa shape index (κ3) is 4.97. The summed E-state index contributed by atoms with van der Waals surface area (Å²) in [6.45, 7) is 3.48. The number of hydrogen-bond donors (Lipinski definition) is 2. The van der Waals surface area contributed by atoms with Crippen molar-refractivity contribution < 1.29 is 4.84 Å². The number of hydroxylamine groups is 1. The molecule has 0 unspecified atom stereocenters. The lowest BCUT2D eigenvalue weighted by molar-refractivity contribution is 0.180. The van der Waals surface area contributed by atoms with Gasteiger partial charge in [-0.05, 0) is 6.42 Å². The monoisotopic (exact) mass is 264 g/mol. The number of rotatable bonds is 8. The van der Waals surface area contributed by atoms with Gasteiger partial charge >= 0.3 is 0 Å². The molecule has 0 saturated heterocycles. The summed E-state index contributed by atoms with van der Waals surface area (Å²) >= 11 is 0. The Kier molecular flexibility index (Phi) is 6.39. The molecule has 1 aromatic heterocycles. The highest BCUT2D eigenvalue weighted by Gasteiger charge is 2.09. The van der Waals surface area contributed by atoms with Gasteiger partial charge in [0.05, 0.1) is 7.11 Å². The van der Waals surface area contributed by atoms with Crippen molar-refractivity contribution in [3.8, 4) is 12.3 Å². The average molecular weight is 264 g/mol. The molecule has 1 aromatic rings. The van der Waals surface area contributed by atoms with E-state index >= 15 is 0 Å². The molecule has 19 heavy (non-hydrogen) atoms. The maximum Gasteiger partial charge on any atom is 0.256 e. The van der Waals surface area contributed by atoms with Crippen molar-refractivity contribution >= 4 is 17.8 Å². The summed E-state index contributed by atoms with van der Waals surface area (Å²) in [5.74, 6) is 3.97. The van der Waals surface area contributed by atoms with Crippen molar-refractivity contribution in [2.45, 2.75) is 19.8 Å². The van der Waals surface area contributed by atoms with Crippen LogP contribution in [0.25, 0.3) is 0 Å². The largest absolute Gasteiger partial charge is 0.354 e. The Hall–Kier alpha value is -2.07. The number of terminal acetylenes is 1. The Labute approximate surface area is 113 Å². The van der Waals surface area contributed by atoms with Crippen molar-refractivity contribution in [3.63, 3.8) is 0 Å². The second kappa shape index (κ2) is 8.11. The van der Waals surface area contributed by atoms with Crippen LogP contribution in [0.1, 0.15) is 19.8 Å². The Morgan fingerprint density at radius 1 is 1.21 bits per heavy atom. The van der Waals surface area contributed by atoms with Gasteiger partial charge < -0.3 is 10.6 Å². The zero-order valence-electron chi connectivity index (χ0n) is 11.6. The number of nitrogens with zero attached hydrogens (tertiary/aromatic N) is 4. The van der Waals surface area contributed by atoms with Crippen LogP contribution in [0, 0.1) is 12.3 Å². The van der Waals surface area contributed by atoms with E-state index in [0.29, 0.717) is 30.8 Å². The predicted octanol–water partition coefficient (Wildman–Crippen LogP) is 1.13. The van der Waals surface area contributed by atoms with Gasteiger partial charge in [-0.1, -0.05) is 6.92 Å². The van der Waals surface area contributed by atoms with Crippen LogP contribution in [-0.4, -0.2) is 42.2 Å². The van der Waals surface area contributed by atoms with Crippen LogP contribution in [0.2, 0.25) is 0 Å². The van der Waals surface area contributed by atoms with E-state index in [1.807, 2.05) is 0 Å². The Morgan fingerprint density at radius 2 is 1.84 bits per heavy atom. The molecule has 0 bridgehead atoms. The first kappa shape index (κ1) is 15.0. The number of hydrogen-bond acceptors (Lipinski definition) is 7. The molecule has 104 valence electrons. The highest BCUT2D eigenvalue weighted by molar-refractivity contribution is 5.42. The first-order chi connectivity index (χ1) is 9.21. The van der Waals surface area contributed by atoms with E-state index in [0.717, 1.165) is 13.0 Å². The van der Waals surface area contributed by atoms with Crippen molar-refractivity contribution in [2.24, 2.45) is 0 Å². The van der Waals surface area contributed by atoms with E-state index in [-0.39, 0.29) is 0 Å². The standard InChI is InChI=1S/C12H20N6O/c1-5-7-9-14-11-15-10(13-8-6-2)16-12(17-11)18(3)19-4/h1H,6-9H2,2-4H3,(H2,13,14,15,16,17). The van der Waals surface area contributed by atoms with Crippen molar-refractivity contribution in [3.05, 3.63) is 0 Å². The van der Waals surface area contributed by atoms with Crippen LogP contribution < -0.4 is 15.7 Å². The van der Waals surface area contributed by atoms with Crippen molar-refractivity contribution in [1.82, 2.24) is 15.0 Å². The van der Waals surface area contributed by atoms with Gasteiger partial charge in [0.1, 0.15) is 0 Å². The molecule has 0 saturated carbocycles. The minimum absolute atomic E-state index is 0.430. The molecule has 0 fully saturated rings. The molecule has 0 aliphatic heterocycles. The van der Waals surface area contributed by atoms with Gasteiger partial charge in [0.25, 0.3) is 5.95 Å². The molecule has 0 aliphatic rings. The predicted molar refractivity (Wildman–Crippen MR) is 76.0 cm³/mol. The number of anilines is 3. The minimum Gasteiger partial charge on any atom is -0.354 e. The molecule has 1 heterocycles. The van der Waals surface area contributed by atoms with E-state index in [1.54, 1.807) is 14.2 Å². The second-order valence-corrected chi connectivity index (χ2v) is 3.77. The van der Waals surface area contributed by atoms with Crippen LogP contribution in [0.4, 0.5) is 17.8 Å². The third-order valence-corrected chi connectivity index (χ3v) is 2.26. The zero-order chi connectivity index (χ0) is 14.1. The van der Waals surface area contributed by atoms with Gasteiger partial charge in [0.15, 0.2) is 0 Å². The van der Waals surface area contributed by atoms with Crippen LogP contribution in [-0.2, 0) is 4.84 Å². The van der Waals surface area contributed by atoms with Gasteiger partial charge in [0.2, 0.25) is 11.9 Å². The van der Waals surface area contributed by atoms with E-state index in [1.165, 1.54) is 5.06 Å². The summed E-state index contributed by atoms with van der Waals surface area (Å²) in [6.07, 6.45) is 6.80. The molecule has 0 atom stereocenters. The minimum atomic E-state index is 0.430. The van der Waals surface area contributed by atoms with Crippen LogP contribution in [0.15, 0.2) is 0 Å². The molecule has 7 heteroatoms.